The summed E-state index contributed by atoms with van der Waals surface area (Å²) in [5, 5.41) is 3.59. The van der Waals surface area contributed by atoms with E-state index in [1.165, 1.54) is 0 Å². The second-order valence-corrected chi connectivity index (χ2v) is 10.5. The number of sulfonamides is 1. The monoisotopic (exact) mass is 382 g/mol. The van der Waals surface area contributed by atoms with Gasteiger partial charge in [-0.15, -0.1) is 0 Å². The average molecular weight is 383 g/mol. The van der Waals surface area contributed by atoms with Crippen LogP contribution in [0.1, 0.15) is 64.2 Å². The van der Waals surface area contributed by atoms with Crippen LogP contribution in [-0.2, 0) is 10.0 Å². The minimum atomic E-state index is -3.60. The number of hydrogen-bond acceptors (Lipinski definition) is 4. The molecule has 0 atom stereocenters. The van der Waals surface area contributed by atoms with E-state index in [2.05, 4.69) is 37.7 Å². The lowest BCUT2D eigenvalue weighted by Crippen LogP contribution is -2.62. The van der Waals surface area contributed by atoms with E-state index in [0.717, 1.165) is 35.3 Å². The Morgan fingerprint density at radius 2 is 1.65 bits per heavy atom. The van der Waals surface area contributed by atoms with Gasteiger partial charge >= 0.3 is 0 Å². The van der Waals surface area contributed by atoms with Gasteiger partial charge in [-0.25, -0.2) is 13.1 Å². The van der Waals surface area contributed by atoms with Crippen molar-refractivity contribution in [2.24, 2.45) is 0 Å². The van der Waals surface area contributed by atoms with E-state index < -0.39 is 10.0 Å². The smallest absolute Gasteiger partial charge is 0.241 e. The van der Waals surface area contributed by atoms with E-state index in [9.17, 15) is 8.42 Å². The molecule has 2 N–H and O–H groups in total. The average Bonchev–Trinajstić information content (AvgIpc) is 2.43. The van der Waals surface area contributed by atoms with Crippen molar-refractivity contribution in [2.45, 2.75) is 90.2 Å². The van der Waals surface area contributed by atoms with Crippen LogP contribution in [0.25, 0.3) is 0 Å². The first-order valence-electron chi connectivity index (χ1n) is 9.33. The molecule has 6 heteroatoms. The summed E-state index contributed by atoms with van der Waals surface area (Å²) < 4.78 is 34.9. The van der Waals surface area contributed by atoms with Gasteiger partial charge in [-0.05, 0) is 91.0 Å². The van der Waals surface area contributed by atoms with Gasteiger partial charge in [0.15, 0.2) is 0 Å². The van der Waals surface area contributed by atoms with Crippen LogP contribution in [0.15, 0.2) is 11.0 Å². The van der Waals surface area contributed by atoms with Gasteiger partial charge in [0, 0.05) is 17.1 Å². The molecule has 1 aromatic rings. The fourth-order valence-electron chi connectivity index (χ4n) is 4.36. The van der Waals surface area contributed by atoms with Crippen molar-refractivity contribution in [3.8, 4) is 5.75 Å². The van der Waals surface area contributed by atoms with Gasteiger partial charge in [-0.2, -0.15) is 0 Å². The van der Waals surface area contributed by atoms with Gasteiger partial charge in [0.1, 0.15) is 5.75 Å². The molecule has 0 aromatic heterocycles. The summed E-state index contributed by atoms with van der Waals surface area (Å²) in [5.41, 5.74) is 2.25. The zero-order valence-corrected chi connectivity index (χ0v) is 18.2. The quantitative estimate of drug-likeness (QED) is 0.816. The Labute approximate surface area is 159 Å². The van der Waals surface area contributed by atoms with E-state index in [1.54, 1.807) is 6.07 Å². The Bertz CT molecular complexity index is 767. The van der Waals surface area contributed by atoms with Gasteiger partial charge in [0.25, 0.3) is 0 Å². The van der Waals surface area contributed by atoms with Crippen LogP contribution in [0.4, 0.5) is 0 Å². The molecule has 1 aromatic carbocycles. The highest BCUT2D eigenvalue weighted by molar-refractivity contribution is 7.89. The molecule has 1 aliphatic rings. The van der Waals surface area contributed by atoms with Gasteiger partial charge in [0.2, 0.25) is 10.0 Å². The topological polar surface area (TPSA) is 67.4 Å². The molecule has 0 radical (unpaired) electrons. The lowest BCUT2D eigenvalue weighted by atomic mass is 9.80. The molecule has 1 saturated heterocycles. The van der Waals surface area contributed by atoms with Crippen molar-refractivity contribution in [3.05, 3.63) is 22.8 Å². The minimum absolute atomic E-state index is 0.0992. The standard InChI is InChI=1S/C20H34N2O3S/c1-9-25-18-13(2)10-17(14(3)15(18)4)26(23,24)21-16-11-19(5,6)22-20(7,8)12-16/h10,16,21-22H,9,11-12H2,1-8H3. The third-order valence-electron chi connectivity index (χ3n) is 5.07. The first-order chi connectivity index (χ1) is 11.8. The number of ether oxygens (including phenoxy) is 1. The second kappa shape index (κ2) is 7.13. The summed E-state index contributed by atoms with van der Waals surface area (Å²) in [4.78, 5) is 0.352. The first-order valence-corrected chi connectivity index (χ1v) is 10.8. The summed E-state index contributed by atoms with van der Waals surface area (Å²) in [6.45, 7) is 16.6. The van der Waals surface area contributed by atoms with E-state index in [-0.39, 0.29) is 17.1 Å². The lowest BCUT2D eigenvalue weighted by Gasteiger charge is -2.46. The molecule has 0 bridgehead atoms. The van der Waals surface area contributed by atoms with Crippen molar-refractivity contribution >= 4 is 10.0 Å². The van der Waals surface area contributed by atoms with Crippen molar-refractivity contribution in [1.82, 2.24) is 10.0 Å². The predicted octanol–water partition coefficient (Wildman–Crippen LogP) is 3.60. The molecule has 148 valence electrons. The molecule has 26 heavy (non-hydrogen) atoms. The van der Waals surface area contributed by atoms with Crippen LogP contribution in [0.5, 0.6) is 5.75 Å². The maximum absolute atomic E-state index is 13.1. The number of aryl methyl sites for hydroxylation is 1. The van der Waals surface area contributed by atoms with Gasteiger partial charge in [-0.1, -0.05) is 0 Å². The highest BCUT2D eigenvalue weighted by atomic mass is 32.2. The molecule has 2 rings (SSSR count). The van der Waals surface area contributed by atoms with Crippen LogP contribution in [0.3, 0.4) is 0 Å². The molecule has 0 saturated carbocycles. The molecule has 5 nitrogen and oxygen atoms in total. The Morgan fingerprint density at radius 3 is 2.15 bits per heavy atom. The number of benzene rings is 1. The molecule has 1 aliphatic heterocycles. The fourth-order valence-corrected chi connectivity index (χ4v) is 5.98. The molecular formula is C20H34N2O3S. The Hall–Kier alpha value is -1.11. The summed E-state index contributed by atoms with van der Waals surface area (Å²) >= 11 is 0. The minimum Gasteiger partial charge on any atom is -0.493 e. The first kappa shape index (κ1) is 21.2. The molecular weight excluding hydrogens is 348 g/mol. The van der Waals surface area contributed by atoms with Gasteiger partial charge < -0.3 is 10.1 Å². The van der Waals surface area contributed by atoms with Gasteiger partial charge in [-0.3, -0.25) is 0 Å². The Balaban J connectivity index is 2.36. The molecule has 0 unspecified atom stereocenters. The fraction of sp³-hybridized carbons (Fsp3) is 0.700. The number of nitrogens with one attached hydrogen (secondary N) is 2. The highest BCUT2D eigenvalue weighted by Gasteiger charge is 2.39. The zero-order chi connectivity index (χ0) is 19.9. The molecule has 1 heterocycles. The maximum Gasteiger partial charge on any atom is 0.241 e. The van der Waals surface area contributed by atoms with E-state index in [0.29, 0.717) is 11.5 Å². The molecule has 1 fully saturated rings. The summed E-state index contributed by atoms with van der Waals surface area (Å²) in [6, 6.07) is 1.63. The Morgan fingerprint density at radius 1 is 1.12 bits per heavy atom. The van der Waals surface area contributed by atoms with E-state index in [1.807, 2.05) is 27.7 Å². The van der Waals surface area contributed by atoms with E-state index in [4.69, 9.17) is 4.74 Å². The third-order valence-corrected chi connectivity index (χ3v) is 6.72. The van der Waals surface area contributed by atoms with Crippen LogP contribution in [0.2, 0.25) is 0 Å². The largest absolute Gasteiger partial charge is 0.493 e. The summed E-state index contributed by atoms with van der Waals surface area (Å²) in [7, 11) is -3.60. The predicted molar refractivity (Wildman–Crippen MR) is 106 cm³/mol. The molecule has 0 spiro atoms. The SMILES string of the molecule is CCOc1c(C)cc(S(=O)(=O)NC2CC(C)(C)NC(C)(C)C2)c(C)c1C. The van der Waals surface area contributed by atoms with Crippen LogP contribution < -0.4 is 14.8 Å². The Kier molecular flexibility index (Phi) is 5.81. The van der Waals surface area contributed by atoms with Crippen LogP contribution in [-0.4, -0.2) is 32.1 Å². The van der Waals surface area contributed by atoms with Crippen LogP contribution in [0, 0.1) is 20.8 Å². The zero-order valence-electron chi connectivity index (χ0n) is 17.4. The number of hydrogen-bond donors (Lipinski definition) is 2. The number of rotatable bonds is 5. The molecule has 0 aliphatic carbocycles. The molecule has 0 amide bonds. The lowest BCUT2D eigenvalue weighted by molar-refractivity contribution is 0.157. The third kappa shape index (κ3) is 4.59. The number of piperidine rings is 1. The van der Waals surface area contributed by atoms with Gasteiger partial charge in [0.05, 0.1) is 11.5 Å². The van der Waals surface area contributed by atoms with E-state index >= 15 is 0 Å². The summed E-state index contributed by atoms with van der Waals surface area (Å²) in [6.07, 6.45) is 1.51. The van der Waals surface area contributed by atoms with Crippen molar-refractivity contribution in [1.29, 1.82) is 0 Å². The van der Waals surface area contributed by atoms with Crippen LogP contribution >= 0.6 is 0 Å². The maximum atomic E-state index is 13.1. The highest BCUT2D eigenvalue weighted by Crippen LogP contribution is 2.33. The van der Waals surface area contributed by atoms with Crippen molar-refractivity contribution < 1.29 is 13.2 Å². The second-order valence-electron chi connectivity index (χ2n) is 8.82. The van der Waals surface area contributed by atoms with Crippen molar-refractivity contribution in [2.75, 3.05) is 6.61 Å². The summed E-state index contributed by atoms with van der Waals surface area (Å²) in [5.74, 6) is 0.785. The normalized spacial score (nSPS) is 20.2. The van der Waals surface area contributed by atoms with Crippen molar-refractivity contribution in [3.63, 3.8) is 0 Å².